The Morgan fingerprint density at radius 3 is 2.04 bits per heavy atom. The molecule has 0 saturated carbocycles. The van der Waals surface area contributed by atoms with Crippen LogP contribution < -0.4 is 4.90 Å². The lowest BCUT2D eigenvalue weighted by Crippen LogP contribution is -3.16. The van der Waals surface area contributed by atoms with Crippen molar-refractivity contribution in [1.82, 2.24) is 0 Å². The molecule has 0 spiro atoms. The topological polar surface area (TPSA) is 13.7 Å². The van der Waals surface area contributed by atoms with E-state index in [1.54, 1.807) is 4.90 Å². The number of benzene rings is 2. The third-order valence-electron chi connectivity index (χ3n) is 6.51. The summed E-state index contributed by atoms with van der Waals surface area (Å²) in [5, 5.41) is 0. The molecular weight excluding hydrogens is 306 g/mol. The van der Waals surface area contributed by atoms with Gasteiger partial charge >= 0.3 is 0 Å². The minimum atomic E-state index is 0.193. The Morgan fingerprint density at radius 1 is 0.880 bits per heavy atom. The molecule has 0 aliphatic carbocycles. The van der Waals surface area contributed by atoms with E-state index in [4.69, 9.17) is 4.74 Å². The van der Waals surface area contributed by atoms with Crippen molar-refractivity contribution in [2.75, 3.05) is 13.2 Å². The van der Waals surface area contributed by atoms with Gasteiger partial charge in [0.15, 0.2) is 0 Å². The highest BCUT2D eigenvalue weighted by Crippen LogP contribution is 2.26. The van der Waals surface area contributed by atoms with Gasteiger partial charge in [-0.15, -0.1) is 0 Å². The molecule has 1 heterocycles. The van der Waals surface area contributed by atoms with E-state index in [0.29, 0.717) is 6.04 Å². The van der Waals surface area contributed by atoms with Crippen LogP contribution in [0.1, 0.15) is 52.0 Å². The third-order valence-corrected chi connectivity index (χ3v) is 6.51. The molecule has 25 heavy (non-hydrogen) atoms. The molecule has 1 fully saturated rings. The number of quaternary nitrogens is 1. The predicted octanol–water partition coefficient (Wildman–Crippen LogP) is 3.77. The van der Waals surface area contributed by atoms with E-state index in [-0.39, 0.29) is 6.10 Å². The minimum Gasteiger partial charge on any atom is -0.361 e. The second-order valence-corrected chi connectivity index (χ2v) is 7.68. The zero-order chi connectivity index (χ0) is 18.1. The smallest absolute Gasteiger partial charge is 0.134 e. The summed E-state index contributed by atoms with van der Waals surface area (Å²) in [5.41, 5.74) is 10.2. The maximum Gasteiger partial charge on any atom is 0.134 e. The van der Waals surface area contributed by atoms with Crippen molar-refractivity contribution in [2.45, 2.75) is 60.2 Å². The predicted molar refractivity (Wildman–Crippen MR) is 104 cm³/mol. The van der Waals surface area contributed by atoms with Crippen LogP contribution in [-0.2, 0) is 11.3 Å². The van der Waals surface area contributed by atoms with Crippen LogP contribution in [0.25, 0.3) is 0 Å². The fourth-order valence-corrected chi connectivity index (χ4v) is 4.25. The first-order valence-corrected chi connectivity index (χ1v) is 9.48. The Balaban J connectivity index is 1.88. The lowest BCUT2D eigenvalue weighted by atomic mass is 9.89. The lowest BCUT2D eigenvalue weighted by molar-refractivity contribution is -0.950. The maximum absolute atomic E-state index is 6.15. The van der Waals surface area contributed by atoms with Gasteiger partial charge in [0.2, 0.25) is 0 Å². The summed E-state index contributed by atoms with van der Waals surface area (Å²) in [6.45, 7) is 16.7. The summed E-state index contributed by atoms with van der Waals surface area (Å²) >= 11 is 0. The highest BCUT2D eigenvalue weighted by atomic mass is 16.5. The molecule has 2 nitrogen and oxygen atoms in total. The summed E-state index contributed by atoms with van der Waals surface area (Å²) in [4.78, 5) is 1.63. The van der Waals surface area contributed by atoms with Gasteiger partial charge < -0.3 is 9.64 Å². The summed E-state index contributed by atoms with van der Waals surface area (Å²) in [6, 6.07) is 11.1. The number of hydrogen-bond donors (Lipinski definition) is 1. The largest absolute Gasteiger partial charge is 0.361 e. The van der Waals surface area contributed by atoms with Crippen molar-refractivity contribution >= 4 is 0 Å². The Morgan fingerprint density at radius 2 is 1.44 bits per heavy atom. The number of rotatable bonds is 3. The summed E-state index contributed by atoms with van der Waals surface area (Å²) in [7, 11) is 0. The van der Waals surface area contributed by atoms with Gasteiger partial charge in [-0.2, -0.15) is 0 Å². The van der Waals surface area contributed by atoms with Gasteiger partial charge in [0.25, 0.3) is 0 Å². The average molecular weight is 339 g/mol. The molecule has 0 bridgehead atoms. The average Bonchev–Trinajstić information content (AvgIpc) is 2.64. The van der Waals surface area contributed by atoms with Crippen LogP contribution in [0, 0.1) is 34.6 Å². The lowest BCUT2D eigenvalue weighted by Gasteiger charge is -2.37. The molecular formula is C23H32NO+. The van der Waals surface area contributed by atoms with Crippen molar-refractivity contribution in [1.29, 1.82) is 0 Å². The Labute approximate surface area is 152 Å². The van der Waals surface area contributed by atoms with E-state index >= 15 is 0 Å². The SMILES string of the molecule is Cc1c(C)c(C)c(C[NH+]2CCO[C@@H](c3ccccc3)[C@@H]2C)c(C)c1C. The van der Waals surface area contributed by atoms with Gasteiger partial charge in [0, 0.05) is 5.56 Å². The standard InChI is InChI=1S/C23H31NO/c1-15-16(2)18(4)22(19(5)17(15)3)14-24-12-13-25-23(20(24)6)21-10-8-7-9-11-21/h7-11,20,23H,12-14H2,1-6H3/p+1/t20-,23+/m0/s1. The summed E-state index contributed by atoms with van der Waals surface area (Å²) in [6.07, 6.45) is 0.193. The van der Waals surface area contributed by atoms with Gasteiger partial charge in [0.1, 0.15) is 25.2 Å². The van der Waals surface area contributed by atoms with E-state index in [0.717, 1.165) is 19.7 Å². The molecule has 0 aromatic heterocycles. The number of nitrogens with one attached hydrogen (secondary N) is 1. The summed E-state index contributed by atoms with van der Waals surface area (Å²) < 4.78 is 6.15. The van der Waals surface area contributed by atoms with Crippen LogP contribution in [0.5, 0.6) is 0 Å². The number of morpholine rings is 1. The van der Waals surface area contributed by atoms with Crippen molar-refractivity contribution in [3.05, 3.63) is 69.3 Å². The van der Waals surface area contributed by atoms with Crippen LogP contribution in [0.15, 0.2) is 30.3 Å². The molecule has 3 rings (SSSR count). The van der Waals surface area contributed by atoms with Gasteiger partial charge in [0.05, 0.1) is 6.61 Å². The van der Waals surface area contributed by atoms with E-state index in [9.17, 15) is 0 Å². The first kappa shape index (κ1) is 18.2. The normalized spacial score (nSPS) is 23.7. The molecule has 2 aromatic rings. The molecule has 1 N–H and O–H groups in total. The summed E-state index contributed by atoms with van der Waals surface area (Å²) in [5.74, 6) is 0. The van der Waals surface area contributed by atoms with Crippen molar-refractivity contribution in [3.8, 4) is 0 Å². The molecule has 2 heteroatoms. The first-order chi connectivity index (χ1) is 11.9. The van der Waals surface area contributed by atoms with Crippen LogP contribution in [0.3, 0.4) is 0 Å². The van der Waals surface area contributed by atoms with Gasteiger partial charge in [-0.25, -0.2) is 0 Å². The van der Waals surface area contributed by atoms with Crippen LogP contribution in [0.2, 0.25) is 0 Å². The molecule has 134 valence electrons. The fourth-order valence-electron chi connectivity index (χ4n) is 4.25. The van der Waals surface area contributed by atoms with Crippen LogP contribution >= 0.6 is 0 Å². The van der Waals surface area contributed by atoms with Crippen molar-refractivity contribution < 1.29 is 9.64 Å². The molecule has 3 atom stereocenters. The fraction of sp³-hybridized carbons (Fsp3) is 0.478. The maximum atomic E-state index is 6.15. The highest BCUT2D eigenvalue weighted by Gasteiger charge is 2.34. The minimum absolute atomic E-state index is 0.193. The second-order valence-electron chi connectivity index (χ2n) is 7.68. The number of hydrogen-bond acceptors (Lipinski definition) is 1. The molecule has 0 radical (unpaired) electrons. The zero-order valence-electron chi connectivity index (χ0n) is 16.6. The van der Waals surface area contributed by atoms with Gasteiger partial charge in [-0.3, -0.25) is 0 Å². The van der Waals surface area contributed by atoms with Gasteiger partial charge in [-0.1, -0.05) is 30.3 Å². The Bertz CT molecular complexity index is 721. The second kappa shape index (κ2) is 7.31. The quantitative estimate of drug-likeness (QED) is 0.899. The first-order valence-electron chi connectivity index (χ1n) is 9.48. The van der Waals surface area contributed by atoms with Crippen molar-refractivity contribution in [2.24, 2.45) is 0 Å². The highest BCUT2D eigenvalue weighted by molar-refractivity contribution is 5.49. The van der Waals surface area contributed by atoms with Crippen LogP contribution in [-0.4, -0.2) is 19.2 Å². The third kappa shape index (κ3) is 3.38. The number of ether oxygens (including phenoxy) is 1. The molecule has 1 aliphatic rings. The van der Waals surface area contributed by atoms with Crippen molar-refractivity contribution in [3.63, 3.8) is 0 Å². The van der Waals surface area contributed by atoms with E-state index in [2.05, 4.69) is 71.9 Å². The molecule has 0 amide bonds. The Kier molecular flexibility index (Phi) is 5.31. The molecule has 1 unspecified atom stereocenters. The van der Waals surface area contributed by atoms with E-state index in [1.165, 1.54) is 38.9 Å². The van der Waals surface area contributed by atoms with Gasteiger partial charge in [-0.05, 0) is 74.9 Å². The monoisotopic (exact) mass is 338 g/mol. The molecule has 1 saturated heterocycles. The molecule has 1 aliphatic heterocycles. The molecule has 2 aromatic carbocycles. The Hall–Kier alpha value is -1.64. The van der Waals surface area contributed by atoms with E-state index in [1.807, 2.05) is 0 Å². The zero-order valence-corrected chi connectivity index (χ0v) is 16.6. The van der Waals surface area contributed by atoms with Crippen LogP contribution in [0.4, 0.5) is 0 Å². The van der Waals surface area contributed by atoms with E-state index < -0.39 is 0 Å².